The highest BCUT2D eigenvalue weighted by molar-refractivity contribution is 5.63. The minimum Gasteiger partial charge on any atom is -0.373 e. The number of rotatable bonds is 2. The molecule has 1 unspecified atom stereocenters. The van der Waals surface area contributed by atoms with Crippen LogP contribution >= 0.6 is 0 Å². The molecular weight excluding hydrogens is 202 g/mol. The minimum absolute atomic E-state index is 0.206. The average molecular weight is 217 g/mol. The van der Waals surface area contributed by atoms with Gasteiger partial charge in [-0.2, -0.15) is 5.26 Å². The first-order chi connectivity index (χ1) is 7.74. The molecule has 1 fully saturated rings. The lowest BCUT2D eigenvalue weighted by Crippen LogP contribution is -2.26. The molecule has 0 aliphatic carbocycles. The molecule has 1 saturated heterocycles. The summed E-state index contributed by atoms with van der Waals surface area (Å²) in [5.74, 6) is 0.773. The monoisotopic (exact) mass is 217 g/mol. The number of nitrogens with two attached hydrogens (primary N) is 1. The summed E-state index contributed by atoms with van der Waals surface area (Å²) >= 11 is 0. The second-order valence-electron chi connectivity index (χ2n) is 3.94. The van der Waals surface area contributed by atoms with Crippen LogP contribution in [-0.4, -0.2) is 31.2 Å². The van der Waals surface area contributed by atoms with Crippen molar-refractivity contribution in [2.45, 2.75) is 12.5 Å². The summed E-state index contributed by atoms with van der Waals surface area (Å²) in [6, 6.07) is 4.27. The first-order valence-corrected chi connectivity index (χ1v) is 5.33. The van der Waals surface area contributed by atoms with Gasteiger partial charge in [0, 0.05) is 38.4 Å². The van der Waals surface area contributed by atoms with Crippen LogP contribution in [0.2, 0.25) is 0 Å². The van der Waals surface area contributed by atoms with E-state index < -0.39 is 0 Å². The number of nitrogens with one attached hydrogen (secondary N) is 1. The Hall–Kier alpha value is -1.80. The van der Waals surface area contributed by atoms with E-state index in [0.717, 1.165) is 31.0 Å². The Morgan fingerprint density at radius 3 is 3.06 bits per heavy atom. The van der Waals surface area contributed by atoms with E-state index in [1.807, 2.05) is 13.1 Å². The molecule has 0 saturated carbocycles. The topological polar surface area (TPSA) is 78.0 Å². The number of hydrogen-bond acceptors (Lipinski definition) is 5. The molecule has 16 heavy (non-hydrogen) atoms. The molecule has 0 bridgehead atoms. The van der Waals surface area contributed by atoms with Gasteiger partial charge in [0.2, 0.25) is 0 Å². The number of aromatic nitrogens is 1. The van der Waals surface area contributed by atoms with Crippen molar-refractivity contribution in [2.75, 3.05) is 30.4 Å². The van der Waals surface area contributed by atoms with Crippen molar-refractivity contribution >= 4 is 11.5 Å². The maximum absolute atomic E-state index is 9.04. The zero-order valence-electron chi connectivity index (χ0n) is 9.27. The van der Waals surface area contributed by atoms with Crippen LogP contribution in [0.3, 0.4) is 0 Å². The summed E-state index contributed by atoms with van der Waals surface area (Å²) in [4.78, 5) is 6.27. The second kappa shape index (κ2) is 4.37. The van der Waals surface area contributed by atoms with Crippen LogP contribution in [-0.2, 0) is 0 Å². The van der Waals surface area contributed by atoms with Gasteiger partial charge in [-0.05, 0) is 6.42 Å². The molecule has 1 aromatic rings. The molecule has 0 spiro atoms. The fraction of sp³-hybridized carbons (Fsp3) is 0.455. The molecule has 1 aliphatic heterocycles. The molecule has 0 aromatic carbocycles. The third kappa shape index (κ3) is 1.92. The van der Waals surface area contributed by atoms with E-state index in [-0.39, 0.29) is 6.04 Å². The van der Waals surface area contributed by atoms with Crippen molar-refractivity contribution in [3.05, 3.63) is 17.8 Å². The van der Waals surface area contributed by atoms with Gasteiger partial charge in [0.1, 0.15) is 11.9 Å². The Kier molecular flexibility index (Phi) is 2.93. The van der Waals surface area contributed by atoms with Crippen LogP contribution in [0.25, 0.3) is 0 Å². The maximum Gasteiger partial charge on any atom is 0.127 e. The Labute approximate surface area is 94.9 Å². The van der Waals surface area contributed by atoms with Gasteiger partial charge in [-0.25, -0.2) is 4.98 Å². The summed E-state index contributed by atoms with van der Waals surface area (Å²) in [6.07, 6.45) is 2.58. The van der Waals surface area contributed by atoms with Crippen LogP contribution in [0.5, 0.6) is 0 Å². The van der Waals surface area contributed by atoms with Gasteiger partial charge in [0.25, 0.3) is 0 Å². The van der Waals surface area contributed by atoms with Gasteiger partial charge < -0.3 is 16.0 Å². The molecule has 5 heteroatoms. The lowest BCUT2D eigenvalue weighted by Gasteiger charge is -2.19. The van der Waals surface area contributed by atoms with Crippen LogP contribution in [0.1, 0.15) is 12.0 Å². The number of hydrogen-bond donors (Lipinski definition) is 2. The zero-order valence-corrected chi connectivity index (χ0v) is 9.27. The maximum atomic E-state index is 9.04. The highest BCUT2D eigenvalue weighted by atomic mass is 15.2. The fourth-order valence-electron chi connectivity index (χ4n) is 1.94. The van der Waals surface area contributed by atoms with E-state index in [4.69, 9.17) is 11.0 Å². The summed E-state index contributed by atoms with van der Waals surface area (Å²) in [6.45, 7) is 1.71. The first-order valence-electron chi connectivity index (χ1n) is 5.33. The van der Waals surface area contributed by atoms with Gasteiger partial charge in [0.15, 0.2) is 0 Å². The zero-order chi connectivity index (χ0) is 11.5. The molecule has 1 atom stereocenters. The fourth-order valence-corrected chi connectivity index (χ4v) is 1.94. The van der Waals surface area contributed by atoms with Gasteiger partial charge >= 0.3 is 0 Å². The minimum atomic E-state index is 0.206. The smallest absolute Gasteiger partial charge is 0.127 e. The van der Waals surface area contributed by atoms with Gasteiger partial charge in [-0.1, -0.05) is 0 Å². The molecule has 84 valence electrons. The SMILES string of the molecule is CNc1cc(N2CCC(N)C2)c(C#N)cn1. The molecule has 5 nitrogen and oxygen atoms in total. The number of pyridine rings is 1. The molecular formula is C11H15N5. The Morgan fingerprint density at radius 2 is 2.50 bits per heavy atom. The van der Waals surface area contributed by atoms with Crippen LogP contribution < -0.4 is 16.0 Å². The van der Waals surface area contributed by atoms with Crippen molar-refractivity contribution in [1.29, 1.82) is 5.26 Å². The molecule has 3 N–H and O–H groups in total. The van der Waals surface area contributed by atoms with E-state index >= 15 is 0 Å². The van der Waals surface area contributed by atoms with E-state index in [2.05, 4.69) is 21.3 Å². The van der Waals surface area contributed by atoms with E-state index in [0.29, 0.717) is 5.56 Å². The van der Waals surface area contributed by atoms with Gasteiger partial charge in [-0.15, -0.1) is 0 Å². The van der Waals surface area contributed by atoms with Crippen molar-refractivity contribution in [2.24, 2.45) is 5.73 Å². The van der Waals surface area contributed by atoms with E-state index in [1.54, 1.807) is 6.20 Å². The summed E-state index contributed by atoms with van der Waals surface area (Å²) in [7, 11) is 1.81. The Balaban J connectivity index is 2.34. The van der Waals surface area contributed by atoms with Crippen molar-refractivity contribution in [1.82, 2.24) is 4.98 Å². The van der Waals surface area contributed by atoms with E-state index in [9.17, 15) is 0 Å². The van der Waals surface area contributed by atoms with Gasteiger partial charge in [-0.3, -0.25) is 0 Å². The standard InChI is InChI=1S/C11H15N5/c1-14-11-4-10(8(5-12)6-15-11)16-3-2-9(13)7-16/h4,6,9H,2-3,7,13H2,1H3,(H,14,15). The quantitative estimate of drug-likeness (QED) is 0.755. The van der Waals surface area contributed by atoms with Crippen molar-refractivity contribution < 1.29 is 0 Å². The lowest BCUT2D eigenvalue weighted by molar-refractivity contribution is 0.752. The lowest BCUT2D eigenvalue weighted by atomic mass is 10.2. The third-order valence-corrected chi connectivity index (χ3v) is 2.82. The molecule has 1 aliphatic rings. The van der Waals surface area contributed by atoms with Gasteiger partial charge in [0.05, 0.1) is 11.3 Å². The number of nitriles is 1. The third-order valence-electron chi connectivity index (χ3n) is 2.82. The van der Waals surface area contributed by atoms with Crippen molar-refractivity contribution in [3.63, 3.8) is 0 Å². The molecule has 0 radical (unpaired) electrons. The normalized spacial score (nSPS) is 19.6. The van der Waals surface area contributed by atoms with E-state index in [1.165, 1.54) is 0 Å². The Bertz CT molecular complexity index is 423. The highest BCUT2D eigenvalue weighted by Gasteiger charge is 2.21. The summed E-state index contributed by atoms with van der Waals surface area (Å²) in [5.41, 5.74) is 7.40. The average Bonchev–Trinajstić information content (AvgIpc) is 2.75. The predicted molar refractivity (Wildman–Crippen MR) is 63.3 cm³/mol. The second-order valence-corrected chi connectivity index (χ2v) is 3.94. The molecule has 2 rings (SSSR count). The van der Waals surface area contributed by atoms with Crippen LogP contribution in [0, 0.1) is 11.3 Å². The molecule has 1 aromatic heterocycles. The van der Waals surface area contributed by atoms with Crippen molar-refractivity contribution in [3.8, 4) is 6.07 Å². The summed E-state index contributed by atoms with van der Waals surface area (Å²) in [5, 5.41) is 12.0. The highest BCUT2D eigenvalue weighted by Crippen LogP contribution is 2.25. The Morgan fingerprint density at radius 1 is 1.69 bits per heavy atom. The summed E-state index contributed by atoms with van der Waals surface area (Å²) < 4.78 is 0. The molecule has 2 heterocycles. The first kappa shape index (κ1) is 10.7. The predicted octanol–water partition coefficient (Wildman–Crippen LogP) is 0.532. The van der Waals surface area contributed by atoms with Crippen LogP contribution in [0.4, 0.5) is 11.5 Å². The van der Waals surface area contributed by atoms with Crippen LogP contribution in [0.15, 0.2) is 12.3 Å². The number of anilines is 2. The largest absolute Gasteiger partial charge is 0.373 e. The number of nitrogens with zero attached hydrogens (tertiary/aromatic N) is 3. The molecule has 0 amide bonds.